The highest BCUT2D eigenvalue weighted by molar-refractivity contribution is 7.99. The van der Waals surface area contributed by atoms with Crippen LogP contribution in [0.3, 0.4) is 0 Å². The highest BCUT2D eigenvalue weighted by Crippen LogP contribution is 2.34. The molecule has 1 N–H and O–H groups in total. The molecule has 7 heteroatoms. The van der Waals surface area contributed by atoms with E-state index in [2.05, 4.69) is 4.98 Å². The average Bonchev–Trinajstić information content (AvgIpc) is 3.27. The van der Waals surface area contributed by atoms with E-state index in [9.17, 15) is 9.59 Å². The fraction of sp³-hybridized carbons (Fsp3) is 0.214. The maximum atomic E-state index is 12.3. The first kappa shape index (κ1) is 14.2. The Labute approximate surface area is 129 Å². The zero-order valence-corrected chi connectivity index (χ0v) is 12.4. The minimum atomic E-state index is -1.10. The Hall–Kier alpha value is -1.79. The van der Waals surface area contributed by atoms with Gasteiger partial charge in [0, 0.05) is 23.3 Å². The molecule has 1 fully saturated rings. The molecule has 0 atom stereocenters. The molecule has 0 unspecified atom stereocenters. The molecule has 2 aromatic rings. The van der Waals surface area contributed by atoms with Gasteiger partial charge in [-0.2, -0.15) is 0 Å². The molecule has 5 nitrogen and oxygen atoms in total. The van der Waals surface area contributed by atoms with Crippen LogP contribution in [-0.2, 0) is 0 Å². The molecule has 21 heavy (non-hydrogen) atoms. The van der Waals surface area contributed by atoms with Crippen molar-refractivity contribution in [3.63, 3.8) is 0 Å². The Morgan fingerprint density at radius 1 is 1.43 bits per heavy atom. The lowest BCUT2D eigenvalue weighted by molar-refractivity contribution is 0.0697. The lowest BCUT2D eigenvalue weighted by Crippen LogP contribution is -2.20. The minimum absolute atomic E-state index is 0.0140. The first-order chi connectivity index (χ1) is 10.1. The molecule has 1 aromatic heterocycles. The molecule has 3 rings (SSSR count). The summed E-state index contributed by atoms with van der Waals surface area (Å²) in [5.74, 6) is -1.10. The summed E-state index contributed by atoms with van der Waals surface area (Å²) in [4.78, 5) is 28.1. The Morgan fingerprint density at radius 2 is 2.19 bits per heavy atom. The summed E-state index contributed by atoms with van der Waals surface area (Å²) in [6, 6.07) is 4.91. The van der Waals surface area contributed by atoms with Crippen LogP contribution < -0.4 is 5.56 Å². The van der Waals surface area contributed by atoms with Crippen LogP contribution in [0.5, 0.6) is 0 Å². The fourth-order valence-electron chi connectivity index (χ4n) is 1.96. The van der Waals surface area contributed by atoms with Gasteiger partial charge in [-0.1, -0.05) is 23.4 Å². The van der Waals surface area contributed by atoms with Gasteiger partial charge in [0.15, 0.2) is 5.03 Å². The Kier molecular flexibility index (Phi) is 3.73. The van der Waals surface area contributed by atoms with Gasteiger partial charge in [-0.3, -0.25) is 4.79 Å². The van der Waals surface area contributed by atoms with E-state index in [1.807, 2.05) is 0 Å². The van der Waals surface area contributed by atoms with Crippen molar-refractivity contribution in [1.82, 2.24) is 9.55 Å². The monoisotopic (exact) mass is 322 g/mol. The van der Waals surface area contributed by atoms with E-state index in [0.29, 0.717) is 9.92 Å². The molecule has 0 bridgehead atoms. The van der Waals surface area contributed by atoms with Crippen LogP contribution in [0, 0.1) is 0 Å². The predicted molar refractivity (Wildman–Crippen MR) is 79.3 cm³/mol. The SMILES string of the molecule is O=C(O)c1cc(Sc2nccn(C3CC3)c2=O)ccc1Cl. The topological polar surface area (TPSA) is 72.2 Å². The molecule has 0 saturated heterocycles. The van der Waals surface area contributed by atoms with Gasteiger partial charge in [0.25, 0.3) is 5.56 Å². The largest absolute Gasteiger partial charge is 0.478 e. The van der Waals surface area contributed by atoms with Gasteiger partial charge in [-0.05, 0) is 31.0 Å². The molecule has 0 spiro atoms. The highest BCUT2D eigenvalue weighted by Gasteiger charge is 2.25. The molecule has 0 aliphatic heterocycles. The van der Waals surface area contributed by atoms with E-state index >= 15 is 0 Å². The van der Waals surface area contributed by atoms with Crippen LogP contribution in [0.2, 0.25) is 5.02 Å². The Bertz CT molecular complexity index is 771. The zero-order valence-electron chi connectivity index (χ0n) is 10.8. The van der Waals surface area contributed by atoms with E-state index in [1.54, 1.807) is 23.0 Å². The number of hydrogen-bond donors (Lipinski definition) is 1. The third-order valence-corrected chi connectivity index (χ3v) is 4.45. The van der Waals surface area contributed by atoms with Crippen molar-refractivity contribution in [3.8, 4) is 0 Å². The zero-order chi connectivity index (χ0) is 15.0. The van der Waals surface area contributed by atoms with E-state index in [0.717, 1.165) is 24.6 Å². The number of carbonyl (C=O) groups is 1. The summed E-state index contributed by atoms with van der Waals surface area (Å²) in [5, 5.41) is 9.57. The third kappa shape index (κ3) is 2.96. The molecule has 0 amide bonds. The van der Waals surface area contributed by atoms with Crippen molar-refractivity contribution >= 4 is 29.3 Å². The van der Waals surface area contributed by atoms with Gasteiger partial charge in [0.05, 0.1) is 10.6 Å². The predicted octanol–water partition coefficient (Wildman–Crippen LogP) is 3.08. The van der Waals surface area contributed by atoms with E-state index < -0.39 is 5.97 Å². The molecule has 108 valence electrons. The van der Waals surface area contributed by atoms with Gasteiger partial charge in [0.2, 0.25) is 0 Å². The van der Waals surface area contributed by atoms with Gasteiger partial charge < -0.3 is 9.67 Å². The van der Waals surface area contributed by atoms with Crippen molar-refractivity contribution in [2.24, 2.45) is 0 Å². The van der Waals surface area contributed by atoms with Gasteiger partial charge in [-0.15, -0.1) is 0 Å². The molecular formula is C14H11ClN2O3S. The number of rotatable bonds is 4. The number of carboxylic acids is 1. The van der Waals surface area contributed by atoms with E-state index in [1.165, 1.54) is 12.1 Å². The summed E-state index contributed by atoms with van der Waals surface area (Å²) >= 11 is 6.98. The standard InChI is InChI=1S/C14H11ClN2O3S/c15-11-4-3-9(7-10(11)14(19)20)21-12-13(18)17(6-5-16-12)8-1-2-8/h3-8H,1-2H2,(H,19,20). The molecule has 1 aliphatic carbocycles. The van der Waals surface area contributed by atoms with E-state index in [4.69, 9.17) is 16.7 Å². The second kappa shape index (κ2) is 5.54. The number of carboxylic acid groups (broad SMARTS) is 1. The maximum absolute atomic E-state index is 12.3. The van der Waals surface area contributed by atoms with Gasteiger partial charge >= 0.3 is 5.97 Å². The first-order valence-corrected chi connectivity index (χ1v) is 7.53. The maximum Gasteiger partial charge on any atom is 0.337 e. The van der Waals surface area contributed by atoms with Crippen molar-refractivity contribution < 1.29 is 9.90 Å². The molecule has 0 radical (unpaired) electrons. The normalized spacial score (nSPS) is 14.1. The summed E-state index contributed by atoms with van der Waals surface area (Å²) < 4.78 is 1.68. The summed E-state index contributed by atoms with van der Waals surface area (Å²) in [6.45, 7) is 0. The summed E-state index contributed by atoms with van der Waals surface area (Å²) in [7, 11) is 0. The molecule has 1 saturated carbocycles. The van der Waals surface area contributed by atoms with Crippen molar-refractivity contribution in [3.05, 3.63) is 51.5 Å². The number of aromatic nitrogens is 2. The van der Waals surface area contributed by atoms with E-state index in [-0.39, 0.29) is 22.2 Å². The highest BCUT2D eigenvalue weighted by atomic mass is 35.5. The molecular weight excluding hydrogens is 312 g/mol. The van der Waals surface area contributed by atoms with Crippen molar-refractivity contribution in [2.75, 3.05) is 0 Å². The first-order valence-electron chi connectivity index (χ1n) is 6.34. The lowest BCUT2D eigenvalue weighted by Gasteiger charge is -2.06. The quantitative estimate of drug-likeness (QED) is 0.936. The van der Waals surface area contributed by atoms with Crippen LogP contribution in [0.25, 0.3) is 0 Å². The Morgan fingerprint density at radius 3 is 2.86 bits per heavy atom. The second-order valence-corrected chi connectivity index (χ2v) is 6.19. The number of aromatic carboxylic acids is 1. The summed E-state index contributed by atoms with van der Waals surface area (Å²) in [6.07, 6.45) is 5.31. The molecule has 1 aliphatic rings. The van der Waals surface area contributed by atoms with Crippen molar-refractivity contribution in [2.45, 2.75) is 28.8 Å². The fourth-order valence-corrected chi connectivity index (χ4v) is 3.00. The van der Waals surface area contributed by atoms with Crippen LogP contribution in [0.4, 0.5) is 0 Å². The molecule has 1 heterocycles. The number of hydrogen-bond acceptors (Lipinski definition) is 4. The smallest absolute Gasteiger partial charge is 0.337 e. The molecule has 1 aromatic carbocycles. The Balaban J connectivity index is 1.94. The minimum Gasteiger partial charge on any atom is -0.478 e. The lowest BCUT2D eigenvalue weighted by atomic mass is 10.2. The number of benzene rings is 1. The van der Waals surface area contributed by atoms with Crippen LogP contribution in [-0.4, -0.2) is 20.6 Å². The number of nitrogens with zero attached hydrogens (tertiary/aromatic N) is 2. The second-order valence-electron chi connectivity index (χ2n) is 4.72. The van der Waals surface area contributed by atoms with Crippen LogP contribution >= 0.6 is 23.4 Å². The number of halogens is 1. The van der Waals surface area contributed by atoms with Crippen LogP contribution in [0.15, 0.2) is 45.3 Å². The van der Waals surface area contributed by atoms with Crippen LogP contribution in [0.1, 0.15) is 29.2 Å². The van der Waals surface area contributed by atoms with Gasteiger partial charge in [-0.25, -0.2) is 9.78 Å². The average molecular weight is 323 g/mol. The van der Waals surface area contributed by atoms with Gasteiger partial charge in [0.1, 0.15) is 0 Å². The van der Waals surface area contributed by atoms with Crippen molar-refractivity contribution in [1.29, 1.82) is 0 Å². The third-order valence-electron chi connectivity index (χ3n) is 3.16. The summed E-state index contributed by atoms with van der Waals surface area (Å²) in [5.41, 5.74) is -0.128.